The molecule has 10 aromatic rings. The Hall–Kier alpha value is -6.49. The first kappa shape index (κ1) is 29.4. The average molecular weight is 671 g/mol. The highest BCUT2D eigenvalue weighted by atomic mass is 32.1. The van der Waals surface area contributed by atoms with Gasteiger partial charge in [0.15, 0.2) is 0 Å². The SMILES string of the molecule is c1ccc(-c2cccc(N(c3ccc(-c4ccc5ccccc5c4)cc3)c3ccc4c(c3)oc3ccc5nc(-c6ccccc6)sc5c34)c2)cc1. The summed E-state index contributed by atoms with van der Waals surface area (Å²) in [6.45, 7) is 0. The van der Waals surface area contributed by atoms with Crippen molar-refractivity contribution in [3.8, 4) is 32.8 Å². The van der Waals surface area contributed by atoms with E-state index in [4.69, 9.17) is 9.40 Å². The van der Waals surface area contributed by atoms with Crippen LogP contribution >= 0.6 is 11.3 Å². The van der Waals surface area contributed by atoms with Crippen LogP contribution in [-0.2, 0) is 0 Å². The molecule has 0 saturated heterocycles. The highest BCUT2D eigenvalue weighted by Crippen LogP contribution is 2.43. The second kappa shape index (κ2) is 12.1. The van der Waals surface area contributed by atoms with Gasteiger partial charge >= 0.3 is 0 Å². The normalized spacial score (nSPS) is 11.5. The molecule has 0 aliphatic carbocycles. The van der Waals surface area contributed by atoms with Gasteiger partial charge in [-0.1, -0.05) is 121 Å². The first-order chi connectivity index (χ1) is 25.2. The van der Waals surface area contributed by atoms with E-state index >= 15 is 0 Å². The maximum atomic E-state index is 6.60. The van der Waals surface area contributed by atoms with Gasteiger partial charge in [-0.15, -0.1) is 11.3 Å². The molecule has 2 aromatic heterocycles. The molecular weight excluding hydrogens is 641 g/mol. The van der Waals surface area contributed by atoms with Crippen LogP contribution < -0.4 is 4.90 Å². The van der Waals surface area contributed by atoms with Crippen molar-refractivity contribution in [3.63, 3.8) is 0 Å². The van der Waals surface area contributed by atoms with Crippen molar-refractivity contribution in [2.75, 3.05) is 4.90 Å². The molecule has 240 valence electrons. The topological polar surface area (TPSA) is 29.3 Å². The molecule has 4 heteroatoms. The van der Waals surface area contributed by atoms with E-state index in [9.17, 15) is 0 Å². The molecule has 0 aliphatic rings. The Morgan fingerprint density at radius 2 is 1.08 bits per heavy atom. The smallest absolute Gasteiger partial charge is 0.137 e. The zero-order valence-corrected chi connectivity index (χ0v) is 28.3. The number of nitrogens with zero attached hydrogens (tertiary/aromatic N) is 2. The van der Waals surface area contributed by atoms with Crippen LogP contribution in [0.15, 0.2) is 186 Å². The van der Waals surface area contributed by atoms with Crippen LogP contribution in [0.2, 0.25) is 0 Å². The molecule has 8 aromatic carbocycles. The number of hydrogen-bond acceptors (Lipinski definition) is 4. The Labute approximate surface area is 299 Å². The lowest BCUT2D eigenvalue weighted by molar-refractivity contribution is 0.669. The molecule has 0 bridgehead atoms. The summed E-state index contributed by atoms with van der Waals surface area (Å²) < 4.78 is 7.74. The van der Waals surface area contributed by atoms with E-state index in [1.54, 1.807) is 11.3 Å². The van der Waals surface area contributed by atoms with E-state index in [0.717, 1.165) is 65.4 Å². The van der Waals surface area contributed by atoms with Crippen LogP contribution in [0.4, 0.5) is 17.1 Å². The fraction of sp³-hybridized carbons (Fsp3) is 0. The standard InChI is InChI=1S/C47H30N2OS/c1-3-10-31(11-4-1)36-16-9-17-39(29-36)49(38-22-20-33(21-23-38)37-19-18-32-12-7-8-15-35(32)28-37)40-24-25-41-44(30-40)50-43-27-26-42-46(45(41)43)51-47(48-42)34-13-5-2-6-14-34/h1-30H. The predicted molar refractivity (Wildman–Crippen MR) is 215 cm³/mol. The lowest BCUT2D eigenvalue weighted by atomic mass is 10.0. The molecule has 10 rings (SSSR count). The fourth-order valence-electron chi connectivity index (χ4n) is 7.15. The molecule has 0 unspecified atom stereocenters. The van der Waals surface area contributed by atoms with Crippen molar-refractivity contribution in [1.29, 1.82) is 0 Å². The minimum atomic E-state index is 0.849. The monoisotopic (exact) mass is 670 g/mol. The van der Waals surface area contributed by atoms with Crippen molar-refractivity contribution in [3.05, 3.63) is 182 Å². The van der Waals surface area contributed by atoms with Gasteiger partial charge in [-0.2, -0.15) is 0 Å². The summed E-state index contributed by atoms with van der Waals surface area (Å²) in [7, 11) is 0. The summed E-state index contributed by atoms with van der Waals surface area (Å²) in [6.07, 6.45) is 0. The van der Waals surface area contributed by atoms with Gasteiger partial charge < -0.3 is 9.32 Å². The van der Waals surface area contributed by atoms with Crippen molar-refractivity contribution in [2.24, 2.45) is 0 Å². The second-order valence-electron chi connectivity index (χ2n) is 12.8. The third-order valence-corrected chi connectivity index (χ3v) is 10.8. The molecule has 2 heterocycles. The van der Waals surface area contributed by atoms with E-state index in [1.165, 1.54) is 27.5 Å². The summed E-state index contributed by atoms with van der Waals surface area (Å²) in [5, 5.41) is 5.71. The molecule has 0 N–H and O–H groups in total. The van der Waals surface area contributed by atoms with Crippen LogP contribution in [0.1, 0.15) is 0 Å². The maximum Gasteiger partial charge on any atom is 0.137 e. The Morgan fingerprint density at radius 3 is 1.90 bits per heavy atom. The Morgan fingerprint density at radius 1 is 0.431 bits per heavy atom. The van der Waals surface area contributed by atoms with Crippen molar-refractivity contribution < 1.29 is 4.42 Å². The van der Waals surface area contributed by atoms with E-state index < -0.39 is 0 Å². The molecule has 0 fully saturated rings. The van der Waals surface area contributed by atoms with Gasteiger partial charge in [-0.3, -0.25) is 0 Å². The minimum absolute atomic E-state index is 0.849. The summed E-state index contributed by atoms with van der Waals surface area (Å²) in [5.74, 6) is 0. The molecule has 0 amide bonds. The van der Waals surface area contributed by atoms with Gasteiger partial charge in [-0.25, -0.2) is 4.98 Å². The first-order valence-electron chi connectivity index (χ1n) is 17.1. The number of thiazole rings is 1. The predicted octanol–water partition coefficient (Wildman–Crippen LogP) is 13.8. The second-order valence-corrected chi connectivity index (χ2v) is 13.8. The van der Waals surface area contributed by atoms with E-state index in [0.29, 0.717) is 0 Å². The summed E-state index contributed by atoms with van der Waals surface area (Å²) in [6, 6.07) is 64.5. The molecule has 0 spiro atoms. The molecule has 0 atom stereocenters. The third-order valence-electron chi connectivity index (χ3n) is 9.67. The van der Waals surface area contributed by atoms with Gasteiger partial charge in [0.2, 0.25) is 0 Å². The minimum Gasteiger partial charge on any atom is -0.456 e. The number of furan rings is 1. The van der Waals surface area contributed by atoms with E-state index in [1.807, 2.05) is 6.07 Å². The zero-order valence-electron chi connectivity index (χ0n) is 27.5. The maximum absolute atomic E-state index is 6.60. The molecule has 0 saturated carbocycles. The van der Waals surface area contributed by atoms with Crippen LogP contribution in [0, 0.1) is 0 Å². The fourth-order valence-corrected chi connectivity index (χ4v) is 8.27. The van der Waals surface area contributed by atoms with E-state index in [-0.39, 0.29) is 0 Å². The van der Waals surface area contributed by atoms with Gasteiger partial charge in [0.05, 0.1) is 10.2 Å². The largest absolute Gasteiger partial charge is 0.456 e. The molecule has 3 nitrogen and oxygen atoms in total. The molecule has 51 heavy (non-hydrogen) atoms. The van der Waals surface area contributed by atoms with Gasteiger partial charge in [0.1, 0.15) is 16.2 Å². The molecule has 0 aliphatic heterocycles. The number of anilines is 3. The quantitative estimate of drug-likeness (QED) is 0.176. The zero-order chi connectivity index (χ0) is 33.7. The summed E-state index contributed by atoms with van der Waals surface area (Å²) in [4.78, 5) is 7.31. The Kier molecular flexibility index (Phi) is 7.00. The van der Waals surface area contributed by atoms with Gasteiger partial charge in [0.25, 0.3) is 0 Å². The lowest BCUT2D eigenvalue weighted by Crippen LogP contribution is -2.10. The number of rotatable bonds is 6. The van der Waals surface area contributed by atoms with Gasteiger partial charge in [-0.05, 0) is 87.6 Å². The number of fused-ring (bicyclic) bond motifs is 6. The van der Waals surface area contributed by atoms with E-state index in [2.05, 4.69) is 181 Å². The van der Waals surface area contributed by atoms with Crippen LogP contribution in [0.5, 0.6) is 0 Å². The van der Waals surface area contributed by atoms with Crippen molar-refractivity contribution in [2.45, 2.75) is 0 Å². The highest BCUT2D eigenvalue weighted by Gasteiger charge is 2.19. The van der Waals surface area contributed by atoms with Crippen LogP contribution in [0.25, 0.3) is 75.8 Å². The Bertz CT molecular complexity index is 2850. The van der Waals surface area contributed by atoms with Crippen molar-refractivity contribution in [1.82, 2.24) is 4.98 Å². The summed E-state index contributed by atoms with van der Waals surface area (Å²) in [5.41, 5.74) is 11.7. The van der Waals surface area contributed by atoms with Crippen LogP contribution in [0.3, 0.4) is 0 Å². The highest BCUT2D eigenvalue weighted by molar-refractivity contribution is 7.22. The number of benzene rings is 8. The number of aromatic nitrogens is 1. The van der Waals surface area contributed by atoms with Crippen molar-refractivity contribution >= 4 is 71.3 Å². The average Bonchev–Trinajstić information content (AvgIpc) is 3.80. The summed E-state index contributed by atoms with van der Waals surface area (Å²) >= 11 is 1.72. The first-order valence-corrected chi connectivity index (χ1v) is 17.9. The molecule has 0 radical (unpaired) electrons. The molecular formula is C47H30N2OS. The van der Waals surface area contributed by atoms with Crippen LogP contribution in [-0.4, -0.2) is 4.98 Å². The third kappa shape index (κ3) is 5.25. The lowest BCUT2D eigenvalue weighted by Gasteiger charge is -2.26. The van der Waals surface area contributed by atoms with Gasteiger partial charge in [0, 0.05) is 39.5 Å². The Balaban J connectivity index is 1.10. The number of hydrogen-bond donors (Lipinski definition) is 0.